The van der Waals surface area contributed by atoms with Crippen molar-refractivity contribution in [3.05, 3.63) is 144 Å². The van der Waals surface area contributed by atoms with Crippen molar-refractivity contribution in [2.75, 3.05) is 6.61 Å². The Hall–Kier alpha value is -3.85. The first kappa shape index (κ1) is 30.6. The molecule has 0 spiro atoms. The molecule has 1 aliphatic rings. The molecule has 0 heterocycles. The summed E-state index contributed by atoms with van der Waals surface area (Å²) in [7, 11) is 0. The van der Waals surface area contributed by atoms with Gasteiger partial charge in [0.15, 0.2) is 0 Å². The first-order valence-electron chi connectivity index (χ1n) is 14.6. The smallest absolute Gasteiger partial charge is 0.217 e. The molecule has 0 saturated heterocycles. The number of benzene rings is 4. The highest BCUT2D eigenvalue weighted by atomic mass is 16.6. The maximum absolute atomic E-state index is 12.6. The van der Waals surface area contributed by atoms with Gasteiger partial charge in [0, 0.05) is 6.92 Å². The van der Waals surface area contributed by atoms with Crippen molar-refractivity contribution in [3.8, 4) is 0 Å². The molecule has 0 aromatic heterocycles. The van der Waals surface area contributed by atoms with Gasteiger partial charge < -0.3 is 29.4 Å². The van der Waals surface area contributed by atoms with Crippen LogP contribution in [0.25, 0.3) is 0 Å². The van der Waals surface area contributed by atoms with E-state index >= 15 is 0 Å². The van der Waals surface area contributed by atoms with E-state index in [4.69, 9.17) is 18.9 Å². The second-order valence-corrected chi connectivity index (χ2v) is 10.9. The van der Waals surface area contributed by atoms with Crippen molar-refractivity contribution >= 4 is 5.91 Å². The van der Waals surface area contributed by atoms with Crippen LogP contribution in [0.3, 0.4) is 0 Å². The molecule has 5 atom stereocenters. The Bertz CT molecular complexity index is 1390. The Morgan fingerprint density at radius 3 is 1.47 bits per heavy atom. The number of hydrogen-bond donors (Lipinski definition) is 2. The Labute approximate surface area is 253 Å². The third kappa shape index (κ3) is 8.16. The summed E-state index contributed by atoms with van der Waals surface area (Å²) in [4.78, 5) is 12.6. The van der Waals surface area contributed by atoms with E-state index in [0.717, 1.165) is 22.3 Å². The fourth-order valence-electron chi connectivity index (χ4n) is 5.52. The molecule has 5 rings (SSSR count). The van der Waals surface area contributed by atoms with Gasteiger partial charge in [-0.25, -0.2) is 0 Å². The highest BCUT2D eigenvalue weighted by molar-refractivity contribution is 5.73. The van der Waals surface area contributed by atoms with Crippen LogP contribution in [-0.2, 0) is 50.2 Å². The second kappa shape index (κ2) is 15.0. The van der Waals surface area contributed by atoms with E-state index in [-0.39, 0.29) is 38.9 Å². The molecule has 0 aliphatic heterocycles. The van der Waals surface area contributed by atoms with Gasteiger partial charge in [-0.05, 0) is 22.3 Å². The van der Waals surface area contributed by atoms with E-state index in [9.17, 15) is 9.90 Å². The highest BCUT2D eigenvalue weighted by Gasteiger charge is 2.63. The molecule has 1 amide bonds. The zero-order chi connectivity index (χ0) is 29.9. The van der Waals surface area contributed by atoms with Gasteiger partial charge in [0.1, 0.15) is 23.9 Å². The lowest BCUT2D eigenvalue weighted by molar-refractivity contribution is -0.175. The number of carbonyl (C=O) groups is 1. The van der Waals surface area contributed by atoms with Crippen LogP contribution in [-0.4, -0.2) is 47.6 Å². The summed E-state index contributed by atoms with van der Waals surface area (Å²) < 4.78 is 25.7. The van der Waals surface area contributed by atoms with Crippen LogP contribution >= 0.6 is 0 Å². The predicted molar refractivity (Wildman–Crippen MR) is 164 cm³/mol. The van der Waals surface area contributed by atoms with Gasteiger partial charge in [-0.15, -0.1) is 0 Å². The lowest BCUT2D eigenvalue weighted by Gasteiger charge is -2.35. The molecule has 1 fully saturated rings. The van der Waals surface area contributed by atoms with Gasteiger partial charge in [0.25, 0.3) is 0 Å². The zero-order valence-corrected chi connectivity index (χ0v) is 24.4. The van der Waals surface area contributed by atoms with Gasteiger partial charge in [-0.3, -0.25) is 4.79 Å². The second-order valence-electron chi connectivity index (χ2n) is 10.9. The number of ether oxygens (including phenoxy) is 4. The van der Waals surface area contributed by atoms with Gasteiger partial charge in [-0.1, -0.05) is 121 Å². The molecule has 0 unspecified atom stereocenters. The molecule has 1 aliphatic carbocycles. The van der Waals surface area contributed by atoms with Crippen LogP contribution in [0.15, 0.2) is 121 Å². The van der Waals surface area contributed by atoms with Crippen molar-refractivity contribution in [1.82, 2.24) is 5.32 Å². The van der Waals surface area contributed by atoms with Gasteiger partial charge in [0.05, 0.1) is 39.1 Å². The zero-order valence-electron chi connectivity index (χ0n) is 24.4. The molecule has 7 nitrogen and oxygen atoms in total. The average Bonchev–Trinajstić information content (AvgIpc) is 3.25. The van der Waals surface area contributed by atoms with Gasteiger partial charge >= 0.3 is 0 Å². The maximum atomic E-state index is 12.6. The lowest BCUT2D eigenvalue weighted by atomic mass is 9.95. The van der Waals surface area contributed by atoms with E-state index in [1.165, 1.54) is 6.92 Å². The highest BCUT2D eigenvalue weighted by Crippen LogP contribution is 2.39. The Kier molecular flexibility index (Phi) is 10.7. The van der Waals surface area contributed by atoms with Gasteiger partial charge in [0.2, 0.25) is 5.91 Å². The Morgan fingerprint density at radius 1 is 0.628 bits per heavy atom. The molecule has 4 aromatic carbocycles. The summed E-state index contributed by atoms with van der Waals surface area (Å²) >= 11 is 0. The SMILES string of the molecule is CC(=O)N[C@H]1[C@H](OCc2ccccc2)[C@@H](OCc2ccccc2)[C@H](OCc2ccccc2)[C@]1(O)COCc1ccccc1. The third-order valence-corrected chi connectivity index (χ3v) is 7.63. The van der Waals surface area contributed by atoms with Crippen molar-refractivity contribution in [2.24, 2.45) is 0 Å². The Balaban J connectivity index is 1.47. The lowest BCUT2D eigenvalue weighted by Crippen LogP contribution is -2.60. The number of amides is 1. The van der Waals surface area contributed by atoms with Crippen molar-refractivity contribution in [3.63, 3.8) is 0 Å². The number of nitrogens with one attached hydrogen (secondary N) is 1. The molecular formula is C36H39NO6. The monoisotopic (exact) mass is 581 g/mol. The summed E-state index contributed by atoms with van der Waals surface area (Å²) in [5.74, 6) is -0.301. The molecule has 43 heavy (non-hydrogen) atoms. The normalized spacial score (nSPS) is 23.2. The van der Waals surface area contributed by atoms with E-state index in [0.29, 0.717) is 0 Å². The van der Waals surface area contributed by atoms with E-state index < -0.39 is 30.0 Å². The summed E-state index contributed by atoms with van der Waals surface area (Å²) in [6.07, 6.45) is -2.35. The fraction of sp³-hybridized carbons (Fsp3) is 0.306. The Morgan fingerprint density at radius 2 is 1.02 bits per heavy atom. The van der Waals surface area contributed by atoms with Crippen LogP contribution < -0.4 is 5.32 Å². The number of rotatable bonds is 14. The maximum Gasteiger partial charge on any atom is 0.217 e. The summed E-state index contributed by atoms with van der Waals surface area (Å²) in [6, 6.07) is 38.2. The minimum Gasteiger partial charge on any atom is -0.382 e. The molecule has 1 saturated carbocycles. The van der Waals surface area contributed by atoms with Crippen molar-refractivity contribution < 1.29 is 28.8 Å². The number of aliphatic hydroxyl groups is 1. The van der Waals surface area contributed by atoms with Crippen LogP contribution in [0, 0.1) is 0 Å². The van der Waals surface area contributed by atoms with Gasteiger partial charge in [-0.2, -0.15) is 0 Å². The number of hydrogen-bond acceptors (Lipinski definition) is 6. The van der Waals surface area contributed by atoms with Crippen molar-refractivity contribution in [2.45, 2.75) is 63.3 Å². The van der Waals surface area contributed by atoms with E-state index in [1.54, 1.807) is 0 Å². The van der Waals surface area contributed by atoms with E-state index in [1.807, 2.05) is 121 Å². The number of carbonyl (C=O) groups excluding carboxylic acids is 1. The topological polar surface area (TPSA) is 86.3 Å². The van der Waals surface area contributed by atoms with Crippen LogP contribution in [0.5, 0.6) is 0 Å². The fourth-order valence-corrected chi connectivity index (χ4v) is 5.52. The van der Waals surface area contributed by atoms with Crippen LogP contribution in [0.4, 0.5) is 0 Å². The molecule has 224 valence electrons. The summed E-state index contributed by atoms with van der Waals surface area (Å²) in [5.41, 5.74) is 2.18. The van der Waals surface area contributed by atoms with Crippen LogP contribution in [0.1, 0.15) is 29.2 Å². The predicted octanol–water partition coefficient (Wildman–Crippen LogP) is 5.21. The average molecular weight is 582 g/mol. The molecule has 2 N–H and O–H groups in total. The van der Waals surface area contributed by atoms with Crippen molar-refractivity contribution in [1.29, 1.82) is 0 Å². The standard InChI is InChI=1S/C36H39NO6/c1-27(38)37-34-32(41-23-29-16-8-3-9-17-29)33(42-24-30-18-10-4-11-19-30)35(43-25-31-20-12-5-13-21-31)36(34,39)26-40-22-28-14-6-2-7-15-28/h2-21,32-35,39H,22-26H2,1H3,(H,37,38)/t32-,33-,34+,35+,36+/m1/s1. The molecular weight excluding hydrogens is 542 g/mol. The third-order valence-electron chi connectivity index (χ3n) is 7.63. The largest absolute Gasteiger partial charge is 0.382 e. The molecule has 4 aromatic rings. The minimum atomic E-state index is -1.67. The van der Waals surface area contributed by atoms with Crippen LogP contribution in [0.2, 0.25) is 0 Å². The summed E-state index contributed by atoms with van der Waals surface area (Å²) in [6.45, 7) is 2.37. The quantitative estimate of drug-likeness (QED) is 0.213. The molecule has 0 bridgehead atoms. The molecule has 7 heteroatoms. The minimum absolute atomic E-state index is 0.108. The summed E-state index contributed by atoms with van der Waals surface area (Å²) in [5, 5.41) is 15.5. The molecule has 0 radical (unpaired) electrons. The van der Waals surface area contributed by atoms with E-state index in [2.05, 4.69) is 5.32 Å². The first-order valence-corrected chi connectivity index (χ1v) is 14.6. The first-order chi connectivity index (χ1) is 21.0.